The molecule has 0 aromatic heterocycles. The van der Waals surface area contributed by atoms with Gasteiger partial charge in [-0.2, -0.15) is 4.31 Å². The van der Waals surface area contributed by atoms with Crippen molar-refractivity contribution in [3.05, 3.63) is 82.3 Å². The standard InChI is InChI=1S/C27H29Cl2N3O5S2/c1-20-6-10-26(11-7-20)39(36,37)32(24-17-21(28)16-22(29)18-24)19-27(33)30-23-8-12-25(13-9-23)38(34,35)31-14-4-2-3-5-15-31/h6-13,16-18H,2-5,14-15,19H2,1H3,(H,30,33). The topological polar surface area (TPSA) is 104 Å². The van der Waals surface area contributed by atoms with E-state index < -0.39 is 32.5 Å². The summed E-state index contributed by atoms with van der Waals surface area (Å²) in [4.78, 5) is 13.2. The smallest absolute Gasteiger partial charge is 0.264 e. The molecule has 1 amide bonds. The van der Waals surface area contributed by atoms with Gasteiger partial charge in [0.25, 0.3) is 10.0 Å². The molecule has 1 fully saturated rings. The molecular formula is C27H29Cl2N3O5S2. The van der Waals surface area contributed by atoms with E-state index in [1.165, 1.54) is 58.9 Å². The summed E-state index contributed by atoms with van der Waals surface area (Å²) in [6, 6.07) is 16.4. The number of anilines is 2. The van der Waals surface area contributed by atoms with Crippen LogP contribution in [0.25, 0.3) is 0 Å². The summed E-state index contributed by atoms with van der Waals surface area (Å²) in [7, 11) is -7.80. The minimum Gasteiger partial charge on any atom is -0.325 e. The molecule has 0 radical (unpaired) electrons. The lowest BCUT2D eigenvalue weighted by atomic mass is 10.2. The maximum atomic E-state index is 13.6. The van der Waals surface area contributed by atoms with Crippen LogP contribution in [0.15, 0.2) is 76.5 Å². The minimum absolute atomic E-state index is 0.0000650. The van der Waals surface area contributed by atoms with Gasteiger partial charge < -0.3 is 5.32 Å². The summed E-state index contributed by atoms with van der Waals surface area (Å²) in [6.45, 7) is 2.24. The number of carbonyl (C=O) groups is 1. The van der Waals surface area contributed by atoms with Crippen molar-refractivity contribution in [2.45, 2.75) is 42.4 Å². The van der Waals surface area contributed by atoms with E-state index in [1.807, 2.05) is 6.92 Å². The first-order valence-corrected chi connectivity index (χ1v) is 16.1. The molecule has 3 aromatic rings. The van der Waals surface area contributed by atoms with Crippen LogP contribution in [-0.2, 0) is 24.8 Å². The first-order chi connectivity index (χ1) is 18.5. The quantitative estimate of drug-likeness (QED) is 0.353. The fourth-order valence-corrected chi connectivity index (χ4v) is 7.74. The molecule has 0 unspecified atom stereocenters. The van der Waals surface area contributed by atoms with Gasteiger partial charge in [-0.15, -0.1) is 0 Å². The first kappa shape index (κ1) is 29.4. The van der Waals surface area contributed by atoms with E-state index in [-0.39, 0.29) is 25.5 Å². The Kier molecular flexibility index (Phi) is 9.23. The van der Waals surface area contributed by atoms with Crippen molar-refractivity contribution >= 4 is 60.5 Å². The molecule has 1 aliphatic rings. The van der Waals surface area contributed by atoms with Crippen LogP contribution in [0.3, 0.4) is 0 Å². The van der Waals surface area contributed by atoms with E-state index in [0.717, 1.165) is 35.6 Å². The number of sulfonamides is 2. The van der Waals surface area contributed by atoms with Crippen LogP contribution in [0, 0.1) is 6.92 Å². The third kappa shape index (κ3) is 7.12. The molecule has 0 spiro atoms. The number of carbonyl (C=O) groups excluding carboxylic acids is 1. The largest absolute Gasteiger partial charge is 0.325 e. The molecule has 39 heavy (non-hydrogen) atoms. The molecule has 0 atom stereocenters. The molecule has 3 aromatic carbocycles. The normalized spacial score (nSPS) is 14.9. The fourth-order valence-electron chi connectivity index (χ4n) is 4.31. The highest BCUT2D eigenvalue weighted by molar-refractivity contribution is 7.92. The van der Waals surface area contributed by atoms with Crippen LogP contribution < -0.4 is 9.62 Å². The highest BCUT2D eigenvalue weighted by Gasteiger charge is 2.28. The summed E-state index contributed by atoms with van der Waals surface area (Å²) in [5.74, 6) is -0.634. The number of halogens is 2. The Hall–Kier alpha value is -2.63. The summed E-state index contributed by atoms with van der Waals surface area (Å²) in [6.07, 6.45) is 3.67. The van der Waals surface area contributed by atoms with Crippen LogP contribution in [0.2, 0.25) is 10.0 Å². The van der Waals surface area contributed by atoms with Gasteiger partial charge in [-0.25, -0.2) is 16.8 Å². The monoisotopic (exact) mass is 609 g/mol. The van der Waals surface area contributed by atoms with Crippen LogP contribution >= 0.6 is 23.2 Å². The Bertz CT molecular complexity index is 1520. The van der Waals surface area contributed by atoms with Crippen molar-refractivity contribution in [2.75, 3.05) is 29.3 Å². The molecule has 12 heteroatoms. The average Bonchev–Trinajstić information content (AvgIpc) is 3.18. The SMILES string of the molecule is Cc1ccc(S(=O)(=O)N(CC(=O)Nc2ccc(S(=O)(=O)N3CCCCCC3)cc2)c2cc(Cl)cc(Cl)c2)cc1. The van der Waals surface area contributed by atoms with Crippen LogP contribution in [0.5, 0.6) is 0 Å². The van der Waals surface area contributed by atoms with E-state index in [9.17, 15) is 21.6 Å². The van der Waals surface area contributed by atoms with Gasteiger partial charge in [0.1, 0.15) is 6.54 Å². The molecular weight excluding hydrogens is 581 g/mol. The molecule has 1 heterocycles. The predicted octanol–water partition coefficient (Wildman–Crippen LogP) is 5.70. The molecule has 0 bridgehead atoms. The lowest BCUT2D eigenvalue weighted by Gasteiger charge is -2.24. The Labute approximate surface area is 239 Å². The van der Waals surface area contributed by atoms with Gasteiger partial charge in [0.2, 0.25) is 15.9 Å². The summed E-state index contributed by atoms with van der Waals surface area (Å²) < 4.78 is 55.7. The van der Waals surface area contributed by atoms with Gasteiger partial charge in [0.15, 0.2) is 0 Å². The van der Waals surface area contributed by atoms with Crippen molar-refractivity contribution in [3.8, 4) is 0 Å². The zero-order valence-electron chi connectivity index (χ0n) is 21.3. The zero-order valence-corrected chi connectivity index (χ0v) is 24.5. The Morgan fingerprint density at radius 3 is 1.92 bits per heavy atom. The number of nitrogens with zero attached hydrogens (tertiary/aromatic N) is 2. The maximum Gasteiger partial charge on any atom is 0.264 e. The van der Waals surface area contributed by atoms with Gasteiger partial charge in [0, 0.05) is 28.8 Å². The van der Waals surface area contributed by atoms with Gasteiger partial charge in [-0.05, 0) is 74.4 Å². The van der Waals surface area contributed by atoms with Crippen LogP contribution in [-0.4, -0.2) is 46.7 Å². The van der Waals surface area contributed by atoms with Crippen molar-refractivity contribution in [1.29, 1.82) is 0 Å². The second-order valence-corrected chi connectivity index (χ2v) is 14.0. The number of nitrogens with one attached hydrogen (secondary N) is 1. The van der Waals surface area contributed by atoms with E-state index in [4.69, 9.17) is 23.2 Å². The second kappa shape index (κ2) is 12.3. The average molecular weight is 611 g/mol. The highest BCUT2D eigenvalue weighted by Crippen LogP contribution is 2.30. The third-order valence-electron chi connectivity index (χ3n) is 6.37. The summed E-state index contributed by atoms with van der Waals surface area (Å²) in [5.41, 5.74) is 1.33. The zero-order chi connectivity index (χ0) is 28.2. The lowest BCUT2D eigenvalue weighted by molar-refractivity contribution is -0.114. The van der Waals surface area contributed by atoms with Gasteiger partial charge in [0.05, 0.1) is 15.5 Å². The molecule has 0 aliphatic carbocycles. The van der Waals surface area contributed by atoms with Crippen LogP contribution in [0.4, 0.5) is 11.4 Å². The van der Waals surface area contributed by atoms with Crippen LogP contribution in [0.1, 0.15) is 31.2 Å². The third-order valence-corrected chi connectivity index (χ3v) is 10.5. The predicted molar refractivity (Wildman–Crippen MR) is 154 cm³/mol. The summed E-state index contributed by atoms with van der Waals surface area (Å²) in [5, 5.41) is 3.08. The van der Waals surface area contributed by atoms with E-state index in [1.54, 1.807) is 12.1 Å². The van der Waals surface area contributed by atoms with E-state index in [0.29, 0.717) is 18.8 Å². The molecule has 4 rings (SSSR count). The first-order valence-electron chi connectivity index (χ1n) is 12.4. The summed E-state index contributed by atoms with van der Waals surface area (Å²) >= 11 is 12.3. The van der Waals surface area contributed by atoms with Gasteiger partial charge in [-0.3, -0.25) is 9.10 Å². The highest BCUT2D eigenvalue weighted by atomic mass is 35.5. The number of hydrogen-bond donors (Lipinski definition) is 1. The molecule has 208 valence electrons. The molecule has 1 N–H and O–H groups in total. The Morgan fingerprint density at radius 2 is 1.36 bits per heavy atom. The van der Waals surface area contributed by atoms with Crippen molar-refractivity contribution in [3.63, 3.8) is 0 Å². The molecule has 1 aliphatic heterocycles. The Morgan fingerprint density at radius 1 is 0.821 bits per heavy atom. The number of hydrogen-bond acceptors (Lipinski definition) is 5. The second-order valence-electron chi connectivity index (χ2n) is 9.34. The van der Waals surface area contributed by atoms with Gasteiger partial charge >= 0.3 is 0 Å². The molecule has 1 saturated heterocycles. The van der Waals surface area contributed by atoms with E-state index >= 15 is 0 Å². The van der Waals surface area contributed by atoms with Crippen molar-refractivity contribution in [2.24, 2.45) is 0 Å². The van der Waals surface area contributed by atoms with Gasteiger partial charge in [-0.1, -0.05) is 53.7 Å². The van der Waals surface area contributed by atoms with Crippen molar-refractivity contribution < 1.29 is 21.6 Å². The number of benzene rings is 3. The number of rotatable bonds is 8. The molecule has 0 saturated carbocycles. The maximum absolute atomic E-state index is 13.6. The van der Waals surface area contributed by atoms with E-state index in [2.05, 4.69) is 5.32 Å². The van der Waals surface area contributed by atoms with Crippen molar-refractivity contribution in [1.82, 2.24) is 4.31 Å². The number of amides is 1. The fraction of sp³-hybridized carbons (Fsp3) is 0.296. The molecule has 8 nitrogen and oxygen atoms in total. The number of aryl methyl sites for hydroxylation is 1. The lowest BCUT2D eigenvalue weighted by Crippen LogP contribution is -2.38. The minimum atomic E-state index is -4.16. The Balaban J connectivity index is 1.56.